The number of benzene rings is 2. The van der Waals surface area contributed by atoms with Crippen LogP contribution in [0.15, 0.2) is 58.4 Å². The van der Waals surface area contributed by atoms with Crippen molar-refractivity contribution in [3.8, 4) is 5.75 Å². The van der Waals surface area contributed by atoms with Crippen molar-refractivity contribution in [3.05, 3.63) is 75.9 Å². The van der Waals surface area contributed by atoms with E-state index in [9.17, 15) is 32.4 Å². The Morgan fingerprint density at radius 3 is 2.50 bits per heavy atom. The second kappa shape index (κ2) is 8.91. The molecule has 7 nitrogen and oxygen atoms in total. The van der Waals surface area contributed by atoms with Gasteiger partial charge in [0.15, 0.2) is 0 Å². The first-order valence-corrected chi connectivity index (χ1v) is 11.8. The fraction of sp³-hybridized carbons (Fsp3) is 0.182. The third kappa shape index (κ3) is 4.34. The summed E-state index contributed by atoms with van der Waals surface area (Å²) in [5.74, 6) is -1.96. The largest absolute Gasteiger partial charge is 0.871 e. The quantitative estimate of drug-likeness (QED) is 0.383. The van der Waals surface area contributed by atoms with Crippen LogP contribution in [0.4, 0.5) is 13.2 Å². The third-order valence-corrected chi connectivity index (χ3v) is 7.37. The van der Waals surface area contributed by atoms with E-state index in [1.165, 1.54) is 18.6 Å². The molecule has 4 aromatic rings. The topological polar surface area (TPSA) is 100 Å². The van der Waals surface area contributed by atoms with E-state index in [1.807, 2.05) is 0 Å². The van der Waals surface area contributed by atoms with Crippen LogP contribution in [0.25, 0.3) is 10.9 Å². The van der Waals surface area contributed by atoms with Gasteiger partial charge >= 0.3 is 12.1 Å². The van der Waals surface area contributed by atoms with Gasteiger partial charge in [0.2, 0.25) is 0 Å². The second-order valence-electron chi connectivity index (χ2n) is 7.49. The van der Waals surface area contributed by atoms with Crippen molar-refractivity contribution in [1.82, 2.24) is 14.1 Å². The summed E-state index contributed by atoms with van der Waals surface area (Å²) in [6.45, 7) is 0.0699. The number of imidazole rings is 1. The molecule has 0 amide bonds. The van der Waals surface area contributed by atoms with Crippen LogP contribution >= 0.6 is 15.9 Å². The number of aryl methyl sites for hydroxylation is 1. The summed E-state index contributed by atoms with van der Waals surface area (Å²) >= 11 is 3.24. The molecule has 2 aromatic heterocycles. The summed E-state index contributed by atoms with van der Waals surface area (Å²) in [7, 11) is -0.249. The van der Waals surface area contributed by atoms with Crippen LogP contribution < -0.4 is 5.11 Å². The van der Waals surface area contributed by atoms with Crippen LogP contribution in [-0.4, -0.2) is 29.4 Å². The SMILES string of the molecule is Cn1c(CS(=O)c2ccc(C(F)(F)F)cc2)c(C(=O)O)c2c(Cn3ccnc3)c([O-])c(Br)cc21. The summed E-state index contributed by atoms with van der Waals surface area (Å²) in [6.07, 6.45) is 0.134. The number of aromatic nitrogens is 3. The molecule has 0 fully saturated rings. The van der Waals surface area contributed by atoms with Gasteiger partial charge in [-0.3, -0.25) is 4.21 Å². The number of carbonyl (C=O) groups is 1. The molecule has 0 saturated heterocycles. The molecule has 0 aliphatic carbocycles. The lowest BCUT2D eigenvalue weighted by Gasteiger charge is -2.18. The Morgan fingerprint density at radius 2 is 1.94 bits per heavy atom. The number of hydrogen-bond donors (Lipinski definition) is 1. The molecule has 0 saturated carbocycles. The Labute approximate surface area is 202 Å². The zero-order valence-corrected chi connectivity index (χ0v) is 19.9. The maximum Gasteiger partial charge on any atom is 0.416 e. The minimum absolute atomic E-state index is 0.0699. The van der Waals surface area contributed by atoms with Crippen molar-refractivity contribution in [1.29, 1.82) is 0 Å². The predicted octanol–water partition coefficient (Wildman–Crippen LogP) is 4.28. The number of rotatable bonds is 6. The Hall–Kier alpha value is -3.12. The highest BCUT2D eigenvalue weighted by atomic mass is 79.9. The minimum atomic E-state index is -4.53. The molecule has 1 atom stereocenters. The zero-order chi connectivity index (χ0) is 24.8. The summed E-state index contributed by atoms with van der Waals surface area (Å²) < 4.78 is 54.9. The van der Waals surface area contributed by atoms with Crippen molar-refractivity contribution in [2.45, 2.75) is 23.4 Å². The van der Waals surface area contributed by atoms with E-state index in [1.54, 1.807) is 22.4 Å². The third-order valence-electron chi connectivity index (χ3n) is 5.44. The van der Waals surface area contributed by atoms with Gasteiger partial charge in [-0.2, -0.15) is 13.2 Å². The van der Waals surface area contributed by atoms with Crippen molar-refractivity contribution >= 4 is 43.6 Å². The maximum absolute atomic E-state index is 13.0. The lowest BCUT2D eigenvalue weighted by atomic mass is 10.0. The molecule has 0 radical (unpaired) electrons. The maximum atomic E-state index is 13.0. The van der Waals surface area contributed by atoms with E-state index >= 15 is 0 Å². The van der Waals surface area contributed by atoms with E-state index < -0.39 is 28.5 Å². The number of hydrogen-bond acceptors (Lipinski definition) is 4. The van der Waals surface area contributed by atoms with Crippen molar-refractivity contribution < 1.29 is 32.4 Å². The molecular formula is C22H16BrF3N3O4S-. The zero-order valence-electron chi connectivity index (χ0n) is 17.5. The van der Waals surface area contributed by atoms with Gasteiger partial charge in [-0.15, -0.1) is 0 Å². The highest BCUT2D eigenvalue weighted by molar-refractivity contribution is 9.10. The van der Waals surface area contributed by atoms with Gasteiger partial charge in [0, 0.05) is 46.4 Å². The molecule has 0 aliphatic heterocycles. The summed E-state index contributed by atoms with van der Waals surface area (Å²) in [6, 6.07) is 5.39. The van der Waals surface area contributed by atoms with Gasteiger partial charge < -0.3 is 19.3 Å². The number of fused-ring (bicyclic) bond motifs is 1. The molecule has 2 heterocycles. The number of carboxylic acid groups (broad SMARTS) is 1. The first kappa shape index (κ1) is 24.0. The monoisotopic (exact) mass is 554 g/mol. The van der Waals surface area contributed by atoms with E-state index in [2.05, 4.69) is 20.9 Å². The molecule has 178 valence electrons. The van der Waals surface area contributed by atoms with Crippen LogP contribution in [0.3, 0.4) is 0 Å². The average molecular weight is 555 g/mol. The van der Waals surface area contributed by atoms with Crippen molar-refractivity contribution in [3.63, 3.8) is 0 Å². The van der Waals surface area contributed by atoms with E-state index in [0.29, 0.717) is 5.52 Å². The van der Waals surface area contributed by atoms with Crippen molar-refractivity contribution in [2.75, 3.05) is 0 Å². The highest BCUT2D eigenvalue weighted by Crippen LogP contribution is 2.39. The number of aromatic carboxylic acids is 1. The molecule has 0 aliphatic rings. The first-order chi connectivity index (χ1) is 16.0. The summed E-state index contributed by atoms with van der Waals surface area (Å²) in [5.41, 5.74) is -0.191. The molecule has 34 heavy (non-hydrogen) atoms. The molecule has 12 heteroatoms. The van der Waals surface area contributed by atoms with Gasteiger partial charge in [-0.1, -0.05) is 21.7 Å². The van der Waals surface area contributed by atoms with Gasteiger partial charge in [0.05, 0.1) is 39.5 Å². The fourth-order valence-corrected chi connectivity index (χ4v) is 5.44. The molecule has 4 rings (SSSR count). The lowest BCUT2D eigenvalue weighted by molar-refractivity contribution is -0.270. The molecule has 1 unspecified atom stereocenters. The Balaban J connectivity index is 1.83. The molecule has 0 bridgehead atoms. The van der Waals surface area contributed by atoms with Crippen LogP contribution in [0, 0.1) is 0 Å². The summed E-state index contributed by atoms with van der Waals surface area (Å²) in [5, 5.41) is 23.2. The van der Waals surface area contributed by atoms with Gasteiger partial charge in [0.1, 0.15) is 0 Å². The van der Waals surface area contributed by atoms with Crippen LogP contribution in [0.5, 0.6) is 5.75 Å². The average Bonchev–Trinajstić information content (AvgIpc) is 3.38. The standard InChI is InChI=1S/C22H17BrF3N3O4S/c1-28-16-8-15(23)20(30)14(9-29-7-6-27-11-29)18(16)19(21(31)32)17(28)10-34(33)13-4-2-12(3-5-13)22(24,25)26/h2-8,11,30H,9-10H2,1H3,(H,31,32)/p-1. The number of nitrogens with zero attached hydrogens (tertiary/aromatic N) is 3. The molecule has 2 aromatic carbocycles. The van der Waals surface area contributed by atoms with E-state index in [-0.39, 0.29) is 49.6 Å². The minimum Gasteiger partial charge on any atom is -0.871 e. The summed E-state index contributed by atoms with van der Waals surface area (Å²) in [4.78, 5) is 16.4. The van der Waals surface area contributed by atoms with Crippen LogP contribution in [-0.2, 0) is 36.3 Å². The number of carboxylic acids is 1. The molecule has 1 N–H and O–H groups in total. The molecular weight excluding hydrogens is 539 g/mol. The van der Waals surface area contributed by atoms with E-state index in [0.717, 1.165) is 24.3 Å². The highest BCUT2D eigenvalue weighted by Gasteiger charge is 2.30. The number of halogens is 4. The predicted molar refractivity (Wildman–Crippen MR) is 120 cm³/mol. The van der Waals surface area contributed by atoms with Gasteiger partial charge in [0.25, 0.3) is 0 Å². The Bertz CT molecular complexity index is 1410. The Morgan fingerprint density at radius 1 is 1.26 bits per heavy atom. The lowest BCUT2D eigenvalue weighted by Crippen LogP contribution is -2.09. The normalized spacial score (nSPS) is 12.9. The van der Waals surface area contributed by atoms with Gasteiger partial charge in [-0.05, 0) is 35.9 Å². The van der Waals surface area contributed by atoms with Crippen LogP contribution in [0.2, 0.25) is 0 Å². The smallest absolute Gasteiger partial charge is 0.416 e. The van der Waals surface area contributed by atoms with E-state index in [4.69, 9.17) is 0 Å². The van der Waals surface area contributed by atoms with Crippen LogP contribution in [0.1, 0.15) is 27.2 Å². The van der Waals surface area contributed by atoms with Crippen molar-refractivity contribution in [2.24, 2.45) is 7.05 Å². The fourth-order valence-electron chi connectivity index (χ4n) is 3.79. The Kier molecular flexibility index (Phi) is 6.30. The van der Waals surface area contributed by atoms with Gasteiger partial charge in [-0.25, -0.2) is 9.78 Å². The number of alkyl halides is 3. The molecule has 0 spiro atoms. The second-order valence-corrected chi connectivity index (χ2v) is 9.80. The first-order valence-electron chi connectivity index (χ1n) is 9.73.